The van der Waals surface area contributed by atoms with Crippen molar-refractivity contribution in [3.63, 3.8) is 0 Å². The zero-order valence-electron chi connectivity index (χ0n) is 11.3. The predicted octanol–water partition coefficient (Wildman–Crippen LogP) is 4.26. The summed E-state index contributed by atoms with van der Waals surface area (Å²) < 4.78 is 13.5. The first kappa shape index (κ1) is 15.9. The Kier molecular flexibility index (Phi) is 6.13. The Morgan fingerprint density at radius 2 is 1.95 bits per heavy atom. The van der Waals surface area contributed by atoms with Crippen LogP contribution in [0.4, 0.5) is 4.39 Å². The minimum Gasteiger partial charge on any atom is -0.384 e. The molecule has 0 bridgehead atoms. The lowest BCUT2D eigenvalue weighted by Gasteiger charge is -2.05. The van der Waals surface area contributed by atoms with Crippen LogP contribution in [-0.2, 0) is 11.5 Å². The SMILES string of the molecule is OCC#Cc1cc(F)cc(CSCc2ccccc2Cl)c1. The lowest BCUT2D eigenvalue weighted by atomic mass is 10.1. The third-order valence-electron chi connectivity index (χ3n) is 2.75. The average molecular weight is 321 g/mol. The molecule has 0 amide bonds. The van der Waals surface area contributed by atoms with Gasteiger partial charge in [-0.05, 0) is 35.4 Å². The fourth-order valence-corrected chi connectivity index (χ4v) is 3.10. The molecule has 2 aromatic carbocycles. The van der Waals surface area contributed by atoms with E-state index in [-0.39, 0.29) is 12.4 Å². The molecule has 0 fully saturated rings. The fourth-order valence-electron chi connectivity index (χ4n) is 1.84. The number of rotatable bonds is 4. The summed E-state index contributed by atoms with van der Waals surface area (Å²) in [4.78, 5) is 0. The lowest BCUT2D eigenvalue weighted by molar-refractivity contribution is 0.350. The highest BCUT2D eigenvalue weighted by Crippen LogP contribution is 2.24. The van der Waals surface area contributed by atoms with E-state index in [0.717, 1.165) is 21.9 Å². The molecule has 1 N–H and O–H groups in total. The lowest BCUT2D eigenvalue weighted by Crippen LogP contribution is -1.89. The Hall–Kier alpha value is -1.47. The fraction of sp³-hybridized carbons (Fsp3) is 0.176. The molecule has 0 atom stereocenters. The van der Waals surface area contributed by atoms with Crippen LogP contribution in [0.3, 0.4) is 0 Å². The van der Waals surface area contributed by atoms with Crippen LogP contribution in [0.15, 0.2) is 42.5 Å². The van der Waals surface area contributed by atoms with Crippen LogP contribution in [0.1, 0.15) is 16.7 Å². The van der Waals surface area contributed by atoms with Gasteiger partial charge in [0, 0.05) is 22.1 Å². The number of hydrogen-bond acceptors (Lipinski definition) is 2. The molecule has 2 rings (SSSR count). The van der Waals surface area contributed by atoms with Crippen LogP contribution >= 0.6 is 23.4 Å². The van der Waals surface area contributed by atoms with Crippen molar-refractivity contribution in [2.24, 2.45) is 0 Å². The van der Waals surface area contributed by atoms with Gasteiger partial charge in [-0.2, -0.15) is 11.8 Å². The van der Waals surface area contributed by atoms with Gasteiger partial charge >= 0.3 is 0 Å². The zero-order chi connectivity index (χ0) is 15.1. The van der Waals surface area contributed by atoms with Crippen LogP contribution in [-0.4, -0.2) is 11.7 Å². The Balaban J connectivity index is 2.00. The van der Waals surface area contributed by atoms with Crippen molar-refractivity contribution in [1.82, 2.24) is 0 Å². The van der Waals surface area contributed by atoms with Crippen molar-refractivity contribution in [2.75, 3.05) is 6.61 Å². The van der Waals surface area contributed by atoms with Gasteiger partial charge in [0.2, 0.25) is 0 Å². The Bertz CT molecular complexity index is 676. The van der Waals surface area contributed by atoms with Crippen LogP contribution < -0.4 is 0 Å². The third kappa shape index (κ3) is 5.09. The Morgan fingerprint density at radius 3 is 2.71 bits per heavy atom. The molecule has 0 saturated carbocycles. The van der Waals surface area contributed by atoms with E-state index in [2.05, 4.69) is 11.8 Å². The topological polar surface area (TPSA) is 20.2 Å². The number of aliphatic hydroxyl groups excluding tert-OH is 1. The van der Waals surface area contributed by atoms with Gasteiger partial charge in [-0.3, -0.25) is 0 Å². The van der Waals surface area contributed by atoms with E-state index in [9.17, 15) is 4.39 Å². The van der Waals surface area contributed by atoms with Crippen molar-refractivity contribution in [1.29, 1.82) is 0 Å². The quantitative estimate of drug-likeness (QED) is 0.850. The predicted molar refractivity (Wildman–Crippen MR) is 86.8 cm³/mol. The molecule has 0 saturated heterocycles. The first-order chi connectivity index (χ1) is 10.2. The van der Waals surface area contributed by atoms with Gasteiger partial charge in [0.25, 0.3) is 0 Å². The van der Waals surface area contributed by atoms with Crippen LogP contribution in [0, 0.1) is 17.7 Å². The van der Waals surface area contributed by atoms with Gasteiger partial charge in [-0.1, -0.05) is 41.6 Å². The number of halogens is 2. The zero-order valence-corrected chi connectivity index (χ0v) is 12.8. The molecule has 0 heterocycles. The third-order valence-corrected chi connectivity index (χ3v) is 4.17. The number of thioether (sulfide) groups is 1. The average Bonchev–Trinajstić information content (AvgIpc) is 2.47. The van der Waals surface area contributed by atoms with Gasteiger partial charge in [0.1, 0.15) is 12.4 Å². The first-order valence-electron chi connectivity index (χ1n) is 6.39. The maximum Gasteiger partial charge on any atom is 0.124 e. The molecule has 0 radical (unpaired) electrons. The highest BCUT2D eigenvalue weighted by Gasteiger charge is 2.02. The minimum atomic E-state index is -0.312. The summed E-state index contributed by atoms with van der Waals surface area (Å²) in [5.41, 5.74) is 2.52. The molecular weight excluding hydrogens is 307 g/mol. The van der Waals surface area contributed by atoms with Gasteiger partial charge < -0.3 is 5.11 Å². The molecule has 0 spiro atoms. The molecule has 108 valence electrons. The first-order valence-corrected chi connectivity index (χ1v) is 7.92. The largest absolute Gasteiger partial charge is 0.384 e. The second kappa shape index (κ2) is 8.09. The van der Waals surface area contributed by atoms with E-state index in [4.69, 9.17) is 16.7 Å². The summed E-state index contributed by atoms with van der Waals surface area (Å²) >= 11 is 7.76. The number of aliphatic hydroxyl groups is 1. The maximum atomic E-state index is 13.5. The second-order valence-corrected chi connectivity index (χ2v) is 5.79. The number of hydrogen-bond donors (Lipinski definition) is 1. The smallest absolute Gasteiger partial charge is 0.124 e. The number of benzene rings is 2. The van der Waals surface area contributed by atoms with Crippen molar-refractivity contribution in [3.05, 3.63) is 70.0 Å². The van der Waals surface area contributed by atoms with Gasteiger partial charge in [0.05, 0.1) is 0 Å². The molecular formula is C17H14ClFOS. The molecule has 0 aliphatic rings. The van der Waals surface area contributed by atoms with E-state index in [1.165, 1.54) is 12.1 Å². The molecule has 0 aliphatic heterocycles. The van der Waals surface area contributed by atoms with Gasteiger partial charge in [-0.15, -0.1) is 0 Å². The van der Waals surface area contributed by atoms with E-state index in [0.29, 0.717) is 11.3 Å². The monoisotopic (exact) mass is 320 g/mol. The van der Waals surface area contributed by atoms with Crippen molar-refractivity contribution >= 4 is 23.4 Å². The van der Waals surface area contributed by atoms with E-state index >= 15 is 0 Å². The second-order valence-electron chi connectivity index (χ2n) is 4.39. The minimum absolute atomic E-state index is 0.229. The summed E-state index contributed by atoms with van der Waals surface area (Å²) in [5, 5.41) is 9.42. The molecule has 1 nitrogen and oxygen atoms in total. The summed E-state index contributed by atoms with van der Waals surface area (Å²) in [6.45, 7) is -0.229. The normalized spacial score (nSPS) is 10.0. The van der Waals surface area contributed by atoms with Gasteiger partial charge in [-0.25, -0.2) is 4.39 Å². The van der Waals surface area contributed by atoms with Crippen LogP contribution in [0.25, 0.3) is 0 Å². The maximum absolute atomic E-state index is 13.5. The van der Waals surface area contributed by atoms with Crippen molar-refractivity contribution in [3.8, 4) is 11.8 Å². The van der Waals surface area contributed by atoms with E-state index in [1.54, 1.807) is 11.8 Å². The van der Waals surface area contributed by atoms with Crippen LogP contribution in [0.5, 0.6) is 0 Å². The van der Waals surface area contributed by atoms with Gasteiger partial charge in [0.15, 0.2) is 0 Å². The van der Waals surface area contributed by atoms with E-state index in [1.807, 2.05) is 30.3 Å². The molecule has 0 aliphatic carbocycles. The standard InChI is InChI=1S/C17H14ClFOS/c18-17-6-2-1-5-15(17)12-21-11-14-8-13(4-3-7-20)9-16(19)10-14/h1-2,5-6,8-10,20H,7,11-12H2. The molecule has 2 aromatic rings. The molecule has 0 aromatic heterocycles. The summed E-state index contributed by atoms with van der Waals surface area (Å²) in [6.07, 6.45) is 0. The van der Waals surface area contributed by atoms with Crippen LogP contribution in [0.2, 0.25) is 5.02 Å². The Labute approximate surface area is 133 Å². The van der Waals surface area contributed by atoms with Crippen molar-refractivity contribution < 1.29 is 9.50 Å². The highest BCUT2D eigenvalue weighted by molar-refractivity contribution is 7.97. The highest BCUT2D eigenvalue weighted by atomic mass is 35.5. The summed E-state index contributed by atoms with van der Waals surface area (Å²) in [6, 6.07) is 12.4. The molecule has 0 unspecified atom stereocenters. The summed E-state index contributed by atoms with van der Waals surface area (Å²) in [5.74, 6) is 6.38. The Morgan fingerprint density at radius 1 is 1.14 bits per heavy atom. The summed E-state index contributed by atoms with van der Waals surface area (Å²) in [7, 11) is 0. The molecule has 21 heavy (non-hydrogen) atoms. The van der Waals surface area contributed by atoms with Crippen molar-refractivity contribution in [2.45, 2.75) is 11.5 Å². The van der Waals surface area contributed by atoms with E-state index < -0.39 is 0 Å². The molecule has 4 heteroatoms.